The number of pyridine rings is 1. The summed E-state index contributed by atoms with van der Waals surface area (Å²) in [7, 11) is -4.49. The molecule has 0 saturated heterocycles. The van der Waals surface area contributed by atoms with Gasteiger partial charge >= 0.3 is 13.2 Å². The van der Waals surface area contributed by atoms with Crippen LogP contribution in [0.2, 0.25) is 0 Å². The maximum absolute atomic E-state index is 12.3. The third-order valence-corrected chi connectivity index (χ3v) is 1.05. The zero-order chi connectivity index (χ0) is 11.4. The smallest absolute Gasteiger partial charge is 0.418 e. The van der Waals surface area contributed by atoms with Crippen molar-refractivity contribution in [2.24, 2.45) is 7.05 Å². The third kappa shape index (κ3) is 7.44. The van der Waals surface area contributed by atoms with E-state index >= 15 is 0 Å². The van der Waals surface area contributed by atoms with E-state index in [1.807, 2.05) is 0 Å². The average Bonchev–Trinajstić information content (AvgIpc) is 1.94. The van der Waals surface area contributed by atoms with Gasteiger partial charge in [-0.2, -0.15) is 4.57 Å². The van der Waals surface area contributed by atoms with E-state index in [-0.39, 0.29) is 0 Å². The molecule has 0 aliphatic heterocycles. The Kier molecular flexibility index (Phi) is 4.45. The van der Waals surface area contributed by atoms with E-state index in [2.05, 4.69) is 0 Å². The van der Waals surface area contributed by atoms with Gasteiger partial charge < -0.3 is 17.3 Å². The molecule has 0 spiro atoms. The van der Waals surface area contributed by atoms with Gasteiger partial charge in [-0.3, -0.25) is 0 Å². The molecule has 0 aliphatic carbocycles. The molecule has 0 aromatic carbocycles. The first-order valence-corrected chi connectivity index (χ1v) is 3.38. The highest BCUT2D eigenvalue weighted by molar-refractivity contribution is 6.50. The van der Waals surface area contributed by atoms with Crippen LogP contribution in [0.15, 0.2) is 18.3 Å². The summed E-state index contributed by atoms with van der Waals surface area (Å²) in [6.07, 6.45) is 1.32. The first kappa shape index (κ1) is 12.8. The number of aryl methyl sites for hydroxylation is 1. The van der Waals surface area contributed by atoms with Gasteiger partial charge in [0.05, 0.1) is 6.07 Å². The van der Waals surface area contributed by atoms with Crippen LogP contribution in [0.25, 0.3) is 0 Å². The van der Waals surface area contributed by atoms with Crippen LogP contribution in [0.1, 0.15) is 0 Å². The average molecular weight is 217 g/mol. The van der Waals surface area contributed by atoms with Crippen molar-refractivity contribution >= 4 is 7.25 Å². The third-order valence-electron chi connectivity index (χ3n) is 1.05. The second kappa shape index (κ2) is 4.87. The predicted molar refractivity (Wildman–Crippen MR) is 37.7 cm³/mol. The summed E-state index contributed by atoms with van der Waals surface area (Å²) in [5.41, 5.74) is 0. The summed E-state index contributed by atoms with van der Waals surface area (Å²) in [4.78, 5) is 0. The Balaban J connectivity index is 0.000000292. The van der Waals surface area contributed by atoms with Crippen molar-refractivity contribution in [1.82, 2.24) is 0 Å². The minimum Gasteiger partial charge on any atom is -0.418 e. The van der Waals surface area contributed by atoms with Gasteiger partial charge in [0, 0.05) is 6.07 Å². The minimum atomic E-state index is -6.00. The van der Waals surface area contributed by atoms with Crippen LogP contribution < -0.4 is 4.57 Å². The molecule has 0 bridgehead atoms. The minimum absolute atomic E-state index is 0.550. The molecule has 1 rings (SSSR count). The topological polar surface area (TPSA) is 3.88 Å². The molecule has 0 saturated carbocycles. The van der Waals surface area contributed by atoms with E-state index in [4.69, 9.17) is 0 Å². The zero-order valence-corrected chi connectivity index (χ0v) is 7.02. The molecule has 1 heterocycles. The van der Waals surface area contributed by atoms with Gasteiger partial charge in [-0.05, 0) is 0 Å². The highest BCUT2D eigenvalue weighted by Gasteiger charge is 2.20. The van der Waals surface area contributed by atoms with E-state index in [0.717, 1.165) is 6.07 Å². The number of halogens is 6. The molecule has 14 heavy (non-hydrogen) atoms. The lowest BCUT2D eigenvalue weighted by Gasteiger charge is -1.94. The molecular weight excluding hydrogens is 211 g/mol. The molecule has 0 aliphatic rings. The fourth-order valence-corrected chi connectivity index (χ4v) is 0.518. The Bertz CT molecular complexity index is 293. The number of rotatable bonds is 0. The van der Waals surface area contributed by atoms with E-state index < -0.39 is 19.0 Å². The van der Waals surface area contributed by atoms with Crippen LogP contribution in [0.3, 0.4) is 0 Å². The molecule has 1 aromatic heterocycles. The fourth-order valence-electron chi connectivity index (χ4n) is 0.518. The molecule has 1 nitrogen and oxygen atoms in total. The monoisotopic (exact) mass is 217 g/mol. The fraction of sp³-hybridized carbons (Fsp3) is 0.167. The second-order valence-electron chi connectivity index (χ2n) is 2.27. The predicted octanol–water partition coefficient (Wildman–Crippen LogP) is 2.09. The molecule has 0 N–H and O–H groups in total. The molecule has 0 fully saturated rings. The molecule has 0 radical (unpaired) electrons. The van der Waals surface area contributed by atoms with Crippen LogP contribution in [0.5, 0.6) is 0 Å². The van der Waals surface area contributed by atoms with E-state index in [9.17, 15) is 26.0 Å². The Hall–Kier alpha value is -1.21. The highest BCUT2D eigenvalue weighted by Crippen LogP contribution is 2.06. The SMILES string of the molecule is C[n+]1ccc(F)cc1F.F[B-](F)(F)F. The van der Waals surface area contributed by atoms with Crippen molar-refractivity contribution in [2.45, 2.75) is 0 Å². The first-order chi connectivity index (χ1) is 6.20. The number of aromatic nitrogens is 1. The lowest BCUT2D eigenvalue weighted by Crippen LogP contribution is -2.32. The molecule has 80 valence electrons. The molecule has 8 heteroatoms. The van der Waals surface area contributed by atoms with Crippen molar-refractivity contribution in [3.8, 4) is 0 Å². The van der Waals surface area contributed by atoms with E-state index in [0.29, 0.717) is 0 Å². The maximum atomic E-state index is 12.3. The van der Waals surface area contributed by atoms with Crippen molar-refractivity contribution in [1.29, 1.82) is 0 Å². The molecule has 0 atom stereocenters. The summed E-state index contributed by atoms with van der Waals surface area (Å²) >= 11 is 0. The highest BCUT2D eigenvalue weighted by atomic mass is 19.5. The van der Waals surface area contributed by atoms with E-state index in [1.165, 1.54) is 23.9 Å². The van der Waals surface area contributed by atoms with Gasteiger partial charge in [-0.1, -0.05) is 0 Å². The molecule has 1 aromatic rings. The van der Waals surface area contributed by atoms with Gasteiger partial charge in [0.25, 0.3) is 0 Å². The van der Waals surface area contributed by atoms with E-state index in [1.54, 1.807) is 0 Å². The van der Waals surface area contributed by atoms with Crippen LogP contribution in [-0.4, -0.2) is 7.25 Å². The van der Waals surface area contributed by atoms with Crippen molar-refractivity contribution < 1.29 is 30.6 Å². The molecular formula is C6H6BF6N. The van der Waals surface area contributed by atoms with Gasteiger partial charge in [-0.25, -0.2) is 4.39 Å². The lowest BCUT2D eigenvalue weighted by atomic mass is 10.3. The van der Waals surface area contributed by atoms with Crippen LogP contribution in [-0.2, 0) is 7.05 Å². The first-order valence-electron chi connectivity index (χ1n) is 3.38. The summed E-state index contributed by atoms with van der Waals surface area (Å²) in [5, 5.41) is 0. The van der Waals surface area contributed by atoms with Gasteiger partial charge in [0.2, 0.25) is 0 Å². The van der Waals surface area contributed by atoms with Gasteiger partial charge in [0.1, 0.15) is 12.9 Å². The number of hydrogen-bond donors (Lipinski definition) is 0. The Morgan fingerprint density at radius 2 is 1.57 bits per heavy atom. The second-order valence-corrected chi connectivity index (χ2v) is 2.27. The quantitative estimate of drug-likeness (QED) is 0.271. The largest absolute Gasteiger partial charge is 0.673 e. The van der Waals surface area contributed by atoms with Crippen molar-refractivity contribution in [2.75, 3.05) is 0 Å². The van der Waals surface area contributed by atoms with Crippen molar-refractivity contribution in [3.05, 3.63) is 30.1 Å². The normalized spacial score (nSPS) is 10.5. The number of nitrogens with zero attached hydrogens (tertiary/aromatic N) is 1. The summed E-state index contributed by atoms with van der Waals surface area (Å²) in [6.45, 7) is 0. The Morgan fingerprint density at radius 1 is 1.14 bits per heavy atom. The van der Waals surface area contributed by atoms with Crippen LogP contribution in [0, 0.1) is 11.8 Å². The summed E-state index contributed by atoms with van der Waals surface area (Å²) < 4.78 is 64.6. The lowest BCUT2D eigenvalue weighted by molar-refractivity contribution is -0.700. The number of hydrogen-bond acceptors (Lipinski definition) is 0. The van der Waals surface area contributed by atoms with Crippen molar-refractivity contribution in [3.63, 3.8) is 0 Å². The Labute approximate surface area is 76.1 Å². The van der Waals surface area contributed by atoms with Crippen LogP contribution >= 0.6 is 0 Å². The van der Waals surface area contributed by atoms with Gasteiger partial charge in [-0.15, -0.1) is 4.39 Å². The van der Waals surface area contributed by atoms with Gasteiger partial charge in [0.15, 0.2) is 6.20 Å². The molecule has 0 amide bonds. The maximum Gasteiger partial charge on any atom is 0.673 e. The summed E-state index contributed by atoms with van der Waals surface area (Å²) in [6, 6.07) is 2.03. The Morgan fingerprint density at radius 3 is 1.86 bits per heavy atom. The standard InChI is InChI=1S/C6H6F2N.BF4/c1-9-3-2-5(7)4-6(9)8;2-1(3,4)5/h2-4H,1H3;/q+1;-1. The zero-order valence-electron chi connectivity index (χ0n) is 7.02. The molecule has 0 unspecified atom stereocenters. The summed E-state index contributed by atoms with van der Waals surface area (Å²) in [5.74, 6) is -1.12. The van der Waals surface area contributed by atoms with Crippen LogP contribution in [0.4, 0.5) is 26.0 Å².